The van der Waals surface area contributed by atoms with E-state index in [9.17, 15) is 0 Å². The summed E-state index contributed by atoms with van der Waals surface area (Å²) in [6, 6.07) is 7.86. The zero-order valence-electron chi connectivity index (χ0n) is 6.79. The van der Waals surface area contributed by atoms with Crippen LogP contribution < -0.4 is 0 Å². The van der Waals surface area contributed by atoms with Gasteiger partial charge in [0.25, 0.3) is 0 Å². The largest absolute Gasteiger partial charge is 0.238 e. The van der Waals surface area contributed by atoms with E-state index < -0.39 is 0 Å². The molecule has 0 radical (unpaired) electrons. The number of hydrogen-bond acceptors (Lipinski definition) is 1. The van der Waals surface area contributed by atoms with E-state index in [1.54, 1.807) is 4.09 Å². The van der Waals surface area contributed by atoms with Crippen molar-refractivity contribution in [3.05, 3.63) is 30.1 Å². The maximum Gasteiger partial charge on any atom is 0.124 e. The number of nitrogens with zero attached hydrogens (tertiary/aromatic N) is 2. The minimum atomic E-state index is 0.859. The summed E-state index contributed by atoms with van der Waals surface area (Å²) < 4.78 is 1.62. The molecule has 0 spiro atoms. The number of rotatable bonds is 1. The van der Waals surface area contributed by atoms with Gasteiger partial charge in [-0.1, -0.05) is 19.1 Å². The third-order valence-corrected chi connectivity index (χ3v) is 2.26. The molecule has 0 N–H and O–H groups in total. The van der Waals surface area contributed by atoms with Crippen molar-refractivity contribution in [2.24, 2.45) is 0 Å². The molecule has 3 heteroatoms. The fraction of sp³-hybridized carbons (Fsp3) is 0.222. The van der Waals surface area contributed by atoms with E-state index in [2.05, 4.69) is 4.98 Å². The quantitative estimate of drug-likeness (QED) is 0.660. The van der Waals surface area contributed by atoms with E-state index in [0.717, 1.165) is 23.3 Å². The van der Waals surface area contributed by atoms with Crippen LogP contribution in [0.1, 0.15) is 12.7 Å². The molecule has 0 aliphatic heterocycles. The predicted octanol–water partition coefficient (Wildman–Crippen LogP) is 2.60. The first kappa shape index (κ1) is 7.62. The SMILES string of the molecule is CCc1nc2ccccc2n1Cl. The van der Waals surface area contributed by atoms with Crippen LogP contribution in [0.5, 0.6) is 0 Å². The van der Waals surface area contributed by atoms with Crippen LogP contribution in [0.15, 0.2) is 24.3 Å². The van der Waals surface area contributed by atoms with Gasteiger partial charge in [0.2, 0.25) is 0 Å². The van der Waals surface area contributed by atoms with Crippen molar-refractivity contribution >= 4 is 22.8 Å². The number of aromatic nitrogens is 2. The Morgan fingerprint density at radius 3 is 2.83 bits per heavy atom. The summed E-state index contributed by atoms with van der Waals surface area (Å²) in [4.78, 5) is 4.36. The standard InChI is InChI=1S/C9H9ClN2/c1-2-9-11-7-5-3-4-6-8(7)12(9)10/h3-6H,2H2,1H3. The van der Waals surface area contributed by atoms with Gasteiger partial charge in [-0.2, -0.15) is 0 Å². The maximum atomic E-state index is 6.01. The fourth-order valence-electron chi connectivity index (χ4n) is 1.26. The van der Waals surface area contributed by atoms with Gasteiger partial charge >= 0.3 is 0 Å². The summed E-state index contributed by atoms with van der Waals surface area (Å²) in [6.45, 7) is 2.04. The monoisotopic (exact) mass is 180 g/mol. The molecule has 0 atom stereocenters. The van der Waals surface area contributed by atoms with E-state index in [-0.39, 0.29) is 0 Å². The van der Waals surface area contributed by atoms with Crippen LogP contribution in [0.3, 0.4) is 0 Å². The highest BCUT2D eigenvalue weighted by molar-refractivity contribution is 6.19. The molecule has 0 bridgehead atoms. The summed E-state index contributed by atoms with van der Waals surface area (Å²) in [6.07, 6.45) is 0.859. The van der Waals surface area contributed by atoms with Gasteiger partial charge in [-0.3, -0.25) is 0 Å². The normalized spacial score (nSPS) is 10.8. The molecule has 62 valence electrons. The van der Waals surface area contributed by atoms with Crippen molar-refractivity contribution in [1.29, 1.82) is 0 Å². The van der Waals surface area contributed by atoms with Crippen molar-refractivity contribution in [2.45, 2.75) is 13.3 Å². The van der Waals surface area contributed by atoms with E-state index >= 15 is 0 Å². The van der Waals surface area contributed by atoms with Gasteiger partial charge in [-0.25, -0.2) is 9.07 Å². The average Bonchev–Trinajstić information content (AvgIpc) is 2.44. The van der Waals surface area contributed by atoms with Crippen LogP contribution in [-0.4, -0.2) is 9.07 Å². The Labute approximate surface area is 75.9 Å². The van der Waals surface area contributed by atoms with Crippen LogP contribution >= 0.6 is 11.8 Å². The van der Waals surface area contributed by atoms with Crippen LogP contribution in [0.25, 0.3) is 11.0 Å². The topological polar surface area (TPSA) is 17.8 Å². The van der Waals surface area contributed by atoms with Crippen LogP contribution in [0, 0.1) is 0 Å². The highest BCUT2D eigenvalue weighted by atomic mass is 35.5. The Bertz CT molecular complexity index is 406. The van der Waals surface area contributed by atoms with Crippen LogP contribution in [0.4, 0.5) is 0 Å². The number of imidazole rings is 1. The number of halogens is 1. The smallest absolute Gasteiger partial charge is 0.124 e. The Hall–Kier alpha value is -1.02. The Morgan fingerprint density at radius 1 is 1.42 bits per heavy atom. The van der Waals surface area contributed by atoms with Crippen molar-refractivity contribution in [2.75, 3.05) is 0 Å². The summed E-state index contributed by atoms with van der Waals surface area (Å²) >= 11 is 6.01. The molecule has 1 aromatic heterocycles. The molecule has 12 heavy (non-hydrogen) atoms. The molecule has 2 aromatic rings. The first-order chi connectivity index (χ1) is 5.83. The summed E-state index contributed by atoms with van der Waals surface area (Å²) in [5.74, 6) is 0.915. The number of benzene rings is 1. The molecule has 0 fully saturated rings. The van der Waals surface area contributed by atoms with Crippen molar-refractivity contribution in [3.63, 3.8) is 0 Å². The van der Waals surface area contributed by atoms with E-state index in [0.29, 0.717) is 0 Å². The molecule has 0 saturated carbocycles. The van der Waals surface area contributed by atoms with Gasteiger partial charge in [0.15, 0.2) is 0 Å². The Balaban J connectivity index is 2.78. The van der Waals surface area contributed by atoms with Gasteiger partial charge in [0, 0.05) is 18.2 Å². The van der Waals surface area contributed by atoms with Crippen molar-refractivity contribution in [1.82, 2.24) is 9.07 Å². The molecule has 0 aliphatic carbocycles. The molecule has 1 aromatic carbocycles. The highest BCUT2D eigenvalue weighted by Gasteiger charge is 2.05. The summed E-state index contributed by atoms with van der Waals surface area (Å²) in [5, 5.41) is 0. The van der Waals surface area contributed by atoms with E-state index in [1.807, 2.05) is 31.2 Å². The third kappa shape index (κ3) is 0.994. The van der Waals surface area contributed by atoms with Gasteiger partial charge < -0.3 is 0 Å². The van der Waals surface area contributed by atoms with Gasteiger partial charge in [0.05, 0.1) is 11.0 Å². The second kappa shape index (κ2) is 2.79. The molecule has 1 heterocycles. The molecule has 0 unspecified atom stereocenters. The lowest BCUT2D eigenvalue weighted by Gasteiger charge is -1.92. The predicted molar refractivity (Wildman–Crippen MR) is 50.4 cm³/mol. The second-order valence-electron chi connectivity index (χ2n) is 2.65. The number of fused-ring (bicyclic) bond motifs is 1. The van der Waals surface area contributed by atoms with Crippen molar-refractivity contribution < 1.29 is 0 Å². The lowest BCUT2D eigenvalue weighted by molar-refractivity contribution is 0.965. The number of aryl methyl sites for hydroxylation is 1. The zero-order valence-corrected chi connectivity index (χ0v) is 7.54. The van der Waals surface area contributed by atoms with Gasteiger partial charge in [-0.05, 0) is 12.1 Å². The van der Waals surface area contributed by atoms with E-state index in [4.69, 9.17) is 11.8 Å². The summed E-state index contributed by atoms with van der Waals surface area (Å²) in [5.41, 5.74) is 1.94. The first-order valence-electron chi connectivity index (χ1n) is 3.95. The minimum absolute atomic E-state index is 0.859. The summed E-state index contributed by atoms with van der Waals surface area (Å²) in [7, 11) is 0. The lowest BCUT2D eigenvalue weighted by atomic mass is 10.3. The second-order valence-corrected chi connectivity index (χ2v) is 2.99. The number of hydrogen-bond donors (Lipinski definition) is 0. The molecule has 2 rings (SSSR count). The van der Waals surface area contributed by atoms with Gasteiger partial charge in [0.1, 0.15) is 5.82 Å². The highest BCUT2D eigenvalue weighted by Crippen LogP contribution is 2.16. The fourth-order valence-corrected chi connectivity index (χ4v) is 1.56. The molecular formula is C9H9ClN2. The van der Waals surface area contributed by atoms with Crippen LogP contribution in [0.2, 0.25) is 0 Å². The lowest BCUT2D eigenvalue weighted by Crippen LogP contribution is -1.88. The van der Waals surface area contributed by atoms with Crippen LogP contribution in [-0.2, 0) is 6.42 Å². The Kier molecular flexibility index (Phi) is 1.77. The molecule has 0 aliphatic rings. The Morgan fingerprint density at radius 2 is 2.17 bits per heavy atom. The molecule has 0 saturated heterocycles. The molecule has 2 nitrogen and oxygen atoms in total. The number of para-hydroxylation sites is 2. The molecule has 0 amide bonds. The third-order valence-electron chi connectivity index (χ3n) is 1.89. The zero-order chi connectivity index (χ0) is 8.55. The molecular weight excluding hydrogens is 172 g/mol. The minimum Gasteiger partial charge on any atom is -0.238 e. The van der Waals surface area contributed by atoms with E-state index in [1.165, 1.54) is 0 Å². The maximum absolute atomic E-state index is 6.01. The van der Waals surface area contributed by atoms with Crippen molar-refractivity contribution in [3.8, 4) is 0 Å². The first-order valence-corrected chi connectivity index (χ1v) is 4.29. The average molecular weight is 181 g/mol. The van der Waals surface area contributed by atoms with Gasteiger partial charge in [-0.15, -0.1) is 0 Å².